The predicted octanol–water partition coefficient (Wildman–Crippen LogP) is 0.752. The molecule has 13 heteroatoms. The van der Waals surface area contributed by atoms with Crippen molar-refractivity contribution >= 4 is 17.3 Å². The molecule has 13 nitrogen and oxygen atoms in total. The van der Waals surface area contributed by atoms with Gasteiger partial charge in [0.25, 0.3) is 11.4 Å². The zero-order chi connectivity index (χ0) is 24.9. The smallest absolute Gasteiger partial charge is 0.407 e. The number of ether oxygens (including phenoxy) is 4. The fourth-order valence-corrected chi connectivity index (χ4v) is 4.20. The largest absolute Gasteiger partial charge is 0.484 e. The molecule has 0 unspecified atom stereocenters. The van der Waals surface area contributed by atoms with Gasteiger partial charge in [0.05, 0.1) is 13.3 Å². The topological polar surface area (TPSA) is 143 Å². The quantitative estimate of drug-likeness (QED) is 0.494. The molecular weight excluding hydrogens is 470 g/mol. The van der Waals surface area contributed by atoms with Crippen molar-refractivity contribution in [3.63, 3.8) is 0 Å². The van der Waals surface area contributed by atoms with Gasteiger partial charge in [-0.05, 0) is 18.9 Å². The maximum absolute atomic E-state index is 12.5. The maximum Gasteiger partial charge on any atom is 0.407 e. The molecule has 0 saturated carbocycles. The average molecular weight is 498 g/mol. The van der Waals surface area contributed by atoms with E-state index in [0.717, 1.165) is 25.9 Å². The lowest BCUT2D eigenvalue weighted by Crippen LogP contribution is -2.45. The normalized spacial score (nSPS) is 16.0. The number of fused-ring (bicyclic) bond motifs is 2. The van der Waals surface area contributed by atoms with Gasteiger partial charge in [0.15, 0.2) is 11.4 Å². The van der Waals surface area contributed by atoms with E-state index in [4.69, 9.17) is 18.9 Å². The Balaban J connectivity index is 1.08. The Bertz CT molecular complexity index is 1290. The molecule has 1 saturated heterocycles. The first-order chi connectivity index (χ1) is 17.6. The van der Waals surface area contributed by atoms with Gasteiger partial charge in [-0.25, -0.2) is 9.78 Å². The first-order valence-corrected chi connectivity index (χ1v) is 11.8. The number of nitrogens with one attached hydrogen (secondary N) is 1. The van der Waals surface area contributed by atoms with Crippen LogP contribution >= 0.6 is 0 Å². The summed E-state index contributed by atoms with van der Waals surface area (Å²) in [4.78, 5) is 35.7. The molecule has 1 amide bonds. The summed E-state index contributed by atoms with van der Waals surface area (Å²) in [6, 6.07) is 4.84. The number of alkyl carbamates (subject to hydrolysis) is 1. The summed E-state index contributed by atoms with van der Waals surface area (Å²) in [7, 11) is 1.52. The average Bonchev–Trinajstić information content (AvgIpc) is 2.91. The van der Waals surface area contributed by atoms with Crippen molar-refractivity contribution in [2.75, 3.05) is 40.0 Å². The number of amides is 1. The summed E-state index contributed by atoms with van der Waals surface area (Å²) in [6.45, 7) is 3.60. The third-order valence-corrected chi connectivity index (χ3v) is 6.13. The van der Waals surface area contributed by atoms with Crippen molar-refractivity contribution in [3.8, 4) is 17.5 Å². The number of piperidine rings is 1. The number of carbonyl (C=O) groups excluding carboxylic acids is 1. The molecule has 5 rings (SSSR count). The highest BCUT2D eigenvalue weighted by molar-refractivity contribution is 5.70. The van der Waals surface area contributed by atoms with Gasteiger partial charge >= 0.3 is 6.09 Å². The van der Waals surface area contributed by atoms with Gasteiger partial charge < -0.3 is 29.2 Å². The maximum atomic E-state index is 12.5. The first-order valence-electron chi connectivity index (χ1n) is 11.8. The third kappa shape index (κ3) is 5.46. The number of rotatable bonds is 7. The number of likely N-dealkylation sites (tertiary alicyclic amines) is 1. The van der Waals surface area contributed by atoms with Crippen LogP contribution < -0.4 is 25.1 Å². The number of aromatic nitrogens is 5. The molecule has 190 valence electrons. The molecule has 1 N–H and O–H groups in total. The number of hydrogen-bond acceptors (Lipinski definition) is 11. The van der Waals surface area contributed by atoms with Gasteiger partial charge in [-0.15, -0.1) is 10.2 Å². The van der Waals surface area contributed by atoms with Crippen molar-refractivity contribution in [2.24, 2.45) is 0 Å². The van der Waals surface area contributed by atoms with Crippen LogP contribution in [0.3, 0.4) is 0 Å². The third-order valence-electron chi connectivity index (χ3n) is 6.13. The molecule has 0 radical (unpaired) electrons. The number of carbonyl (C=O) groups is 1. The van der Waals surface area contributed by atoms with E-state index < -0.39 is 6.09 Å². The zero-order valence-corrected chi connectivity index (χ0v) is 19.9. The van der Waals surface area contributed by atoms with E-state index >= 15 is 0 Å². The van der Waals surface area contributed by atoms with Gasteiger partial charge in [-0.2, -0.15) is 4.98 Å². The Kier molecular flexibility index (Phi) is 7.07. The van der Waals surface area contributed by atoms with Crippen LogP contribution in [0, 0.1) is 0 Å². The predicted molar refractivity (Wildman–Crippen MR) is 126 cm³/mol. The standard InChI is InChI=1S/C23H27N7O6/c1-33-19-13-24-17-2-3-20(31)30(21(17)26-19)9-8-29-6-4-15(5-7-29)25-23(32)36-14-16-12-18-22(28-27-16)35-11-10-34-18/h2-3,12-13,15H,4-11,14H2,1H3,(H,25,32). The highest BCUT2D eigenvalue weighted by atomic mass is 16.6. The van der Waals surface area contributed by atoms with E-state index in [-0.39, 0.29) is 18.2 Å². The van der Waals surface area contributed by atoms with Gasteiger partial charge in [-0.3, -0.25) is 9.36 Å². The van der Waals surface area contributed by atoms with E-state index in [9.17, 15) is 9.59 Å². The van der Waals surface area contributed by atoms with E-state index in [0.29, 0.717) is 60.7 Å². The summed E-state index contributed by atoms with van der Waals surface area (Å²) in [6.07, 6.45) is 2.58. The Hall–Kier alpha value is -4.00. The number of methoxy groups -OCH3 is 1. The zero-order valence-electron chi connectivity index (χ0n) is 19.9. The van der Waals surface area contributed by atoms with Crippen LogP contribution in [0.1, 0.15) is 18.5 Å². The molecular formula is C23H27N7O6. The van der Waals surface area contributed by atoms with Crippen LogP contribution in [0.4, 0.5) is 4.79 Å². The van der Waals surface area contributed by atoms with Crippen molar-refractivity contribution < 1.29 is 23.7 Å². The molecule has 2 aliphatic rings. The molecule has 1 fully saturated rings. The molecule has 5 heterocycles. The second-order valence-corrected chi connectivity index (χ2v) is 8.48. The second-order valence-electron chi connectivity index (χ2n) is 8.48. The van der Waals surface area contributed by atoms with Crippen LogP contribution in [0.5, 0.6) is 17.5 Å². The van der Waals surface area contributed by atoms with Crippen molar-refractivity contribution in [1.29, 1.82) is 0 Å². The van der Waals surface area contributed by atoms with E-state index in [1.807, 2.05) is 0 Å². The Morgan fingerprint density at radius 3 is 2.83 bits per heavy atom. The molecule has 0 aromatic carbocycles. The van der Waals surface area contributed by atoms with Crippen LogP contribution in [0.2, 0.25) is 0 Å². The molecule has 3 aromatic rings. The van der Waals surface area contributed by atoms with Crippen molar-refractivity contribution in [1.82, 2.24) is 34.9 Å². The summed E-state index contributed by atoms with van der Waals surface area (Å²) in [5.41, 5.74) is 1.49. The Labute approximate surface area is 206 Å². The van der Waals surface area contributed by atoms with Crippen molar-refractivity contribution in [3.05, 3.63) is 40.4 Å². The molecule has 2 aliphatic heterocycles. The minimum absolute atomic E-state index is 0.00973. The second kappa shape index (κ2) is 10.7. The Morgan fingerprint density at radius 2 is 2.00 bits per heavy atom. The first kappa shape index (κ1) is 23.7. The molecule has 3 aromatic heterocycles. The van der Waals surface area contributed by atoms with Gasteiger partial charge in [0.1, 0.15) is 31.0 Å². The van der Waals surface area contributed by atoms with Crippen LogP contribution in [-0.4, -0.2) is 81.7 Å². The van der Waals surface area contributed by atoms with Gasteiger partial charge in [0, 0.05) is 44.4 Å². The molecule has 0 bridgehead atoms. The fraction of sp³-hybridized carbons (Fsp3) is 0.478. The van der Waals surface area contributed by atoms with Gasteiger partial charge in [-0.1, -0.05) is 0 Å². The van der Waals surface area contributed by atoms with E-state index in [1.54, 1.807) is 16.7 Å². The summed E-state index contributed by atoms with van der Waals surface area (Å²) in [5.74, 6) is 1.21. The van der Waals surface area contributed by atoms with Crippen LogP contribution in [0.15, 0.2) is 29.2 Å². The monoisotopic (exact) mass is 497 g/mol. The minimum Gasteiger partial charge on any atom is -0.484 e. The number of hydrogen-bond donors (Lipinski definition) is 1. The lowest BCUT2D eigenvalue weighted by atomic mass is 10.1. The van der Waals surface area contributed by atoms with Crippen LogP contribution in [0.25, 0.3) is 11.2 Å². The summed E-state index contributed by atoms with van der Waals surface area (Å²) >= 11 is 0. The van der Waals surface area contributed by atoms with Gasteiger partial charge in [0.2, 0.25) is 5.88 Å². The lowest BCUT2D eigenvalue weighted by molar-refractivity contribution is 0.123. The number of nitrogens with zero attached hydrogens (tertiary/aromatic N) is 6. The van der Waals surface area contributed by atoms with Crippen LogP contribution in [-0.2, 0) is 17.9 Å². The van der Waals surface area contributed by atoms with E-state index in [1.165, 1.54) is 19.4 Å². The molecule has 36 heavy (non-hydrogen) atoms. The Morgan fingerprint density at radius 1 is 1.17 bits per heavy atom. The number of pyridine rings is 1. The lowest BCUT2D eigenvalue weighted by Gasteiger charge is -2.32. The van der Waals surface area contributed by atoms with E-state index in [2.05, 4.69) is 30.4 Å². The van der Waals surface area contributed by atoms with Crippen molar-refractivity contribution in [2.45, 2.75) is 32.0 Å². The minimum atomic E-state index is -0.500. The molecule has 0 spiro atoms. The fourth-order valence-electron chi connectivity index (χ4n) is 4.20. The highest BCUT2D eigenvalue weighted by Gasteiger charge is 2.22. The SMILES string of the molecule is COc1cnc2ccc(=O)n(CCN3CCC(NC(=O)OCc4cc5c(nn4)OCCO5)CC3)c2n1. The molecule has 0 aliphatic carbocycles. The highest BCUT2D eigenvalue weighted by Crippen LogP contribution is 2.26. The summed E-state index contributed by atoms with van der Waals surface area (Å²) < 4.78 is 22.9. The molecule has 0 atom stereocenters. The summed E-state index contributed by atoms with van der Waals surface area (Å²) in [5, 5.41) is 10.8.